The molecule has 6 heteroatoms. The molecule has 0 amide bonds. The van der Waals surface area contributed by atoms with Gasteiger partial charge in [0, 0.05) is 18.4 Å². The Balaban J connectivity index is 2.66. The number of nitrogens with zero attached hydrogens (tertiary/aromatic N) is 2. The van der Waals surface area contributed by atoms with Crippen molar-refractivity contribution in [3.63, 3.8) is 0 Å². The zero-order chi connectivity index (χ0) is 14.2. The number of H-pyrrole nitrogens is 1. The number of ether oxygens (including phenoxy) is 1. The highest BCUT2D eigenvalue weighted by molar-refractivity contribution is 5.90. The summed E-state index contributed by atoms with van der Waals surface area (Å²) in [6, 6.07) is 3.19. The first-order valence-corrected chi connectivity index (χ1v) is 5.77. The molecule has 0 aliphatic rings. The largest absolute Gasteiger partial charge is 0.465 e. The molecule has 19 heavy (non-hydrogen) atoms. The van der Waals surface area contributed by atoms with Crippen molar-refractivity contribution < 1.29 is 9.53 Å². The molecule has 2 heterocycles. The lowest BCUT2D eigenvalue weighted by Crippen LogP contribution is -2.14. The molecule has 0 aliphatic heterocycles. The lowest BCUT2D eigenvalue weighted by molar-refractivity contribution is 0.0600. The Hall–Kier alpha value is -2.37. The van der Waals surface area contributed by atoms with Gasteiger partial charge in [-0.3, -0.25) is 19.6 Å². The first-order valence-electron chi connectivity index (χ1n) is 5.77. The summed E-state index contributed by atoms with van der Waals surface area (Å²) in [5.74, 6) is -0.447. The molecule has 2 aromatic rings. The molecule has 0 bridgehead atoms. The zero-order valence-corrected chi connectivity index (χ0v) is 11.3. The summed E-state index contributed by atoms with van der Waals surface area (Å²) in [7, 11) is 2.95. The molecule has 0 saturated heterocycles. The van der Waals surface area contributed by atoms with Crippen molar-refractivity contribution in [2.75, 3.05) is 7.11 Å². The van der Waals surface area contributed by atoms with E-state index in [1.54, 1.807) is 33.0 Å². The Morgan fingerprint density at radius 3 is 2.58 bits per heavy atom. The Bertz CT molecular complexity index is 698. The third kappa shape index (κ3) is 2.29. The van der Waals surface area contributed by atoms with E-state index < -0.39 is 5.97 Å². The minimum absolute atomic E-state index is 0.175. The van der Waals surface area contributed by atoms with Gasteiger partial charge in [0.2, 0.25) is 0 Å². The van der Waals surface area contributed by atoms with E-state index in [2.05, 4.69) is 14.8 Å². The van der Waals surface area contributed by atoms with E-state index in [0.29, 0.717) is 28.2 Å². The highest BCUT2D eigenvalue weighted by Gasteiger charge is 2.16. The van der Waals surface area contributed by atoms with Crippen LogP contribution in [0.2, 0.25) is 0 Å². The number of carbonyl (C=O) groups is 1. The summed E-state index contributed by atoms with van der Waals surface area (Å²) in [5.41, 5.74) is 2.51. The quantitative estimate of drug-likeness (QED) is 0.823. The highest BCUT2D eigenvalue weighted by Crippen LogP contribution is 2.19. The summed E-state index contributed by atoms with van der Waals surface area (Å²) in [6.45, 7) is 3.56. The number of methoxy groups -OCH3 is 1. The molecule has 0 aliphatic carbocycles. The van der Waals surface area contributed by atoms with E-state index in [-0.39, 0.29) is 5.56 Å². The number of esters is 1. The third-order valence-electron chi connectivity index (χ3n) is 2.86. The summed E-state index contributed by atoms with van der Waals surface area (Å²) >= 11 is 0. The predicted octanol–water partition coefficient (Wildman–Crippen LogP) is 1.18. The fourth-order valence-corrected chi connectivity index (χ4v) is 2.02. The van der Waals surface area contributed by atoms with Crippen LogP contribution in [0.1, 0.15) is 21.7 Å². The van der Waals surface area contributed by atoms with Crippen LogP contribution in [0.3, 0.4) is 0 Å². The first kappa shape index (κ1) is 13.1. The van der Waals surface area contributed by atoms with Crippen molar-refractivity contribution in [3.05, 3.63) is 39.4 Å². The van der Waals surface area contributed by atoms with E-state index in [4.69, 9.17) is 0 Å². The van der Waals surface area contributed by atoms with Gasteiger partial charge >= 0.3 is 5.97 Å². The number of hydrogen-bond acceptors (Lipinski definition) is 4. The second kappa shape index (κ2) is 4.72. The van der Waals surface area contributed by atoms with Gasteiger partial charge in [-0.1, -0.05) is 0 Å². The number of carbonyl (C=O) groups excluding carboxylic acids is 1. The van der Waals surface area contributed by atoms with Crippen LogP contribution in [-0.4, -0.2) is 27.8 Å². The molecule has 0 spiro atoms. The fourth-order valence-electron chi connectivity index (χ4n) is 2.02. The summed E-state index contributed by atoms with van der Waals surface area (Å²) < 4.78 is 6.07. The molecule has 2 rings (SSSR count). The number of aromatic amines is 1. The highest BCUT2D eigenvalue weighted by atomic mass is 16.5. The summed E-state index contributed by atoms with van der Waals surface area (Å²) in [4.78, 5) is 27.9. The van der Waals surface area contributed by atoms with E-state index in [0.717, 1.165) is 0 Å². The molecule has 0 aromatic carbocycles. The van der Waals surface area contributed by atoms with Crippen LogP contribution in [-0.2, 0) is 11.8 Å². The topological polar surface area (TPSA) is 77.0 Å². The summed E-state index contributed by atoms with van der Waals surface area (Å²) in [6.07, 6.45) is 0. The van der Waals surface area contributed by atoms with Gasteiger partial charge in [0.05, 0.1) is 23.9 Å². The van der Waals surface area contributed by atoms with Gasteiger partial charge in [-0.2, -0.15) is 0 Å². The van der Waals surface area contributed by atoms with Crippen LogP contribution in [0.15, 0.2) is 16.9 Å². The molecule has 100 valence electrons. The Labute approximate surface area is 110 Å². The maximum Gasteiger partial charge on any atom is 0.337 e. The van der Waals surface area contributed by atoms with Crippen LogP contribution in [0, 0.1) is 13.8 Å². The van der Waals surface area contributed by atoms with Crippen LogP contribution >= 0.6 is 0 Å². The molecule has 6 nitrogen and oxygen atoms in total. The van der Waals surface area contributed by atoms with Gasteiger partial charge in [-0.15, -0.1) is 0 Å². The smallest absolute Gasteiger partial charge is 0.337 e. The number of aryl methyl sites for hydroxylation is 3. The Morgan fingerprint density at radius 1 is 1.37 bits per heavy atom. The van der Waals surface area contributed by atoms with Gasteiger partial charge in [0.15, 0.2) is 0 Å². The Kier molecular flexibility index (Phi) is 3.25. The maximum absolute atomic E-state index is 12.0. The van der Waals surface area contributed by atoms with Crippen LogP contribution in [0.25, 0.3) is 11.3 Å². The number of nitrogens with one attached hydrogen (secondary N) is 1. The van der Waals surface area contributed by atoms with Crippen LogP contribution < -0.4 is 5.56 Å². The number of aromatic nitrogens is 3. The SMILES string of the molecule is COC(=O)c1cc(C)nc(-c2c(C)[nH]n(C)c2=O)c1. The van der Waals surface area contributed by atoms with Crippen molar-refractivity contribution in [1.82, 2.24) is 14.8 Å². The number of rotatable bonds is 2. The van der Waals surface area contributed by atoms with Gasteiger partial charge in [0.1, 0.15) is 0 Å². The van der Waals surface area contributed by atoms with Gasteiger partial charge < -0.3 is 4.74 Å². The molecule has 0 atom stereocenters. The standard InChI is InChI=1S/C13H15N3O3/c1-7-5-9(13(18)19-4)6-10(14-7)11-8(2)15-16(3)12(11)17/h5-6,15H,1-4H3. The van der Waals surface area contributed by atoms with Gasteiger partial charge in [-0.05, 0) is 26.0 Å². The molecule has 2 aromatic heterocycles. The second-order valence-electron chi connectivity index (χ2n) is 4.35. The molecule has 1 N–H and O–H groups in total. The lowest BCUT2D eigenvalue weighted by Gasteiger charge is -2.04. The molecule has 0 saturated carbocycles. The van der Waals surface area contributed by atoms with Gasteiger partial charge in [0.25, 0.3) is 5.56 Å². The monoisotopic (exact) mass is 261 g/mol. The maximum atomic E-state index is 12.0. The van der Waals surface area contributed by atoms with Crippen LogP contribution in [0.4, 0.5) is 0 Å². The first-order chi connectivity index (χ1) is 8.93. The van der Waals surface area contributed by atoms with E-state index in [1.165, 1.54) is 11.8 Å². The van der Waals surface area contributed by atoms with Crippen LogP contribution in [0.5, 0.6) is 0 Å². The fraction of sp³-hybridized carbons (Fsp3) is 0.308. The van der Waals surface area contributed by atoms with Crippen molar-refractivity contribution in [2.24, 2.45) is 7.05 Å². The van der Waals surface area contributed by atoms with E-state index >= 15 is 0 Å². The molecular formula is C13H15N3O3. The molecular weight excluding hydrogens is 246 g/mol. The molecule has 0 unspecified atom stereocenters. The van der Waals surface area contributed by atoms with E-state index in [9.17, 15) is 9.59 Å². The minimum atomic E-state index is -0.447. The average molecular weight is 261 g/mol. The van der Waals surface area contributed by atoms with Crippen molar-refractivity contribution in [3.8, 4) is 11.3 Å². The minimum Gasteiger partial charge on any atom is -0.465 e. The zero-order valence-electron chi connectivity index (χ0n) is 11.3. The number of pyridine rings is 1. The summed E-state index contributed by atoms with van der Waals surface area (Å²) in [5, 5.41) is 2.90. The second-order valence-corrected chi connectivity index (χ2v) is 4.35. The predicted molar refractivity (Wildman–Crippen MR) is 70.1 cm³/mol. The lowest BCUT2D eigenvalue weighted by atomic mass is 10.1. The number of hydrogen-bond donors (Lipinski definition) is 1. The van der Waals surface area contributed by atoms with Crippen molar-refractivity contribution in [1.29, 1.82) is 0 Å². The molecule has 0 fully saturated rings. The van der Waals surface area contributed by atoms with Gasteiger partial charge in [-0.25, -0.2) is 4.79 Å². The van der Waals surface area contributed by atoms with Crippen molar-refractivity contribution in [2.45, 2.75) is 13.8 Å². The normalized spacial score (nSPS) is 10.5. The van der Waals surface area contributed by atoms with Crippen molar-refractivity contribution >= 4 is 5.97 Å². The third-order valence-corrected chi connectivity index (χ3v) is 2.86. The molecule has 0 radical (unpaired) electrons. The average Bonchev–Trinajstić information content (AvgIpc) is 2.61. The Morgan fingerprint density at radius 2 is 2.05 bits per heavy atom. The van der Waals surface area contributed by atoms with E-state index in [1.807, 2.05) is 0 Å².